The molecule has 1 saturated carbocycles. The van der Waals surface area contributed by atoms with Crippen LogP contribution in [0.1, 0.15) is 34.9 Å². The zero-order valence-electron chi connectivity index (χ0n) is 9.87. The van der Waals surface area contributed by atoms with E-state index in [4.69, 9.17) is 5.73 Å². The number of hydrogen-bond acceptors (Lipinski definition) is 4. The molecule has 94 valence electrons. The topological polar surface area (TPSA) is 63.6 Å². The van der Waals surface area contributed by atoms with Crippen molar-refractivity contribution < 1.29 is 4.79 Å². The minimum absolute atomic E-state index is 0.0875. The third-order valence-corrected chi connectivity index (χ3v) is 4.41. The smallest absolute Gasteiger partial charge is 0.272 e. The molecule has 2 aliphatic rings. The quantitative estimate of drug-likeness (QED) is 0.880. The number of thiazole rings is 1. The Morgan fingerprint density at radius 2 is 2.22 bits per heavy atom. The summed E-state index contributed by atoms with van der Waals surface area (Å²) in [7, 11) is 0. The molecule has 0 radical (unpaired) electrons. The van der Waals surface area contributed by atoms with Gasteiger partial charge in [0, 0.05) is 36.6 Å². The van der Waals surface area contributed by atoms with Crippen molar-refractivity contribution in [3.05, 3.63) is 23.0 Å². The molecule has 0 bridgehead atoms. The van der Waals surface area contributed by atoms with E-state index in [2.05, 4.69) is 4.98 Å². The molecule has 1 aliphatic heterocycles. The van der Waals surface area contributed by atoms with Crippen molar-refractivity contribution in [1.29, 1.82) is 0 Å². The molecule has 2 fully saturated rings. The highest BCUT2D eigenvalue weighted by molar-refractivity contribution is 7.15. The number of nitrogens with two attached hydrogens (primary N) is 1. The summed E-state index contributed by atoms with van der Waals surface area (Å²) >= 11 is 1.58. The van der Waals surface area contributed by atoms with Crippen LogP contribution in [-0.2, 0) is 0 Å². The number of amides is 1. The molecule has 4 rings (SSSR count). The highest BCUT2D eigenvalue weighted by atomic mass is 32.1. The first kappa shape index (κ1) is 10.5. The van der Waals surface area contributed by atoms with Crippen molar-refractivity contribution in [3.8, 4) is 0 Å². The standard InChI is InChI=1S/C12H14N4OS/c13-8-5-15(6-8)11(17)10-9(7-1-2-7)14-12-16(10)3-4-18-12/h3-4,7-8H,1-2,5-6,13H2. The van der Waals surface area contributed by atoms with Crippen LogP contribution in [0.4, 0.5) is 0 Å². The third kappa shape index (κ3) is 1.42. The van der Waals surface area contributed by atoms with Gasteiger partial charge in [0.2, 0.25) is 0 Å². The monoisotopic (exact) mass is 262 g/mol. The van der Waals surface area contributed by atoms with Gasteiger partial charge >= 0.3 is 0 Å². The van der Waals surface area contributed by atoms with Crippen molar-refractivity contribution in [2.24, 2.45) is 5.73 Å². The van der Waals surface area contributed by atoms with Crippen LogP contribution in [0.3, 0.4) is 0 Å². The van der Waals surface area contributed by atoms with Crippen LogP contribution in [0, 0.1) is 0 Å². The average molecular weight is 262 g/mol. The lowest BCUT2D eigenvalue weighted by Crippen LogP contribution is -2.58. The Labute approximate surface area is 108 Å². The lowest BCUT2D eigenvalue weighted by atomic mass is 10.1. The van der Waals surface area contributed by atoms with E-state index in [0.717, 1.165) is 29.2 Å². The molecule has 5 nitrogen and oxygen atoms in total. The maximum Gasteiger partial charge on any atom is 0.272 e. The van der Waals surface area contributed by atoms with Gasteiger partial charge in [-0.05, 0) is 12.8 Å². The summed E-state index contributed by atoms with van der Waals surface area (Å²) < 4.78 is 1.94. The summed E-state index contributed by atoms with van der Waals surface area (Å²) in [5.41, 5.74) is 7.51. The molecular weight excluding hydrogens is 248 g/mol. The summed E-state index contributed by atoms with van der Waals surface area (Å²) in [5.74, 6) is 0.579. The van der Waals surface area contributed by atoms with Gasteiger partial charge < -0.3 is 10.6 Å². The van der Waals surface area contributed by atoms with Crippen molar-refractivity contribution in [1.82, 2.24) is 14.3 Å². The molecular formula is C12H14N4OS. The Bertz CT molecular complexity index is 621. The van der Waals surface area contributed by atoms with Crippen LogP contribution in [0.2, 0.25) is 0 Å². The summed E-state index contributed by atoms with van der Waals surface area (Å²) in [5, 5.41) is 1.97. The maximum absolute atomic E-state index is 12.5. The predicted molar refractivity (Wildman–Crippen MR) is 68.9 cm³/mol. The van der Waals surface area contributed by atoms with Crippen molar-refractivity contribution in [3.63, 3.8) is 0 Å². The Kier molecular flexibility index (Phi) is 2.07. The van der Waals surface area contributed by atoms with E-state index in [-0.39, 0.29) is 11.9 Å². The van der Waals surface area contributed by atoms with Crippen LogP contribution in [-0.4, -0.2) is 39.3 Å². The molecule has 0 atom stereocenters. The summed E-state index contributed by atoms with van der Waals surface area (Å²) in [6.45, 7) is 1.33. The Balaban J connectivity index is 1.79. The van der Waals surface area contributed by atoms with Gasteiger partial charge in [-0.1, -0.05) is 0 Å². The van der Waals surface area contributed by atoms with Gasteiger partial charge in [-0.15, -0.1) is 11.3 Å². The van der Waals surface area contributed by atoms with Gasteiger partial charge in [-0.2, -0.15) is 0 Å². The van der Waals surface area contributed by atoms with Crippen molar-refractivity contribution in [2.75, 3.05) is 13.1 Å². The molecule has 18 heavy (non-hydrogen) atoms. The molecule has 1 amide bonds. The summed E-state index contributed by atoms with van der Waals surface area (Å²) in [6, 6.07) is 0.143. The fraction of sp³-hybridized carbons (Fsp3) is 0.500. The number of imidazole rings is 1. The molecule has 0 aromatic carbocycles. The van der Waals surface area contributed by atoms with Crippen LogP contribution in [0.25, 0.3) is 4.96 Å². The number of carbonyl (C=O) groups is 1. The fourth-order valence-corrected chi connectivity index (χ4v) is 3.21. The second-order valence-electron chi connectivity index (χ2n) is 5.15. The number of nitrogens with zero attached hydrogens (tertiary/aromatic N) is 3. The largest absolute Gasteiger partial charge is 0.334 e. The number of hydrogen-bond donors (Lipinski definition) is 1. The van der Waals surface area contributed by atoms with E-state index >= 15 is 0 Å². The molecule has 2 N–H and O–H groups in total. The van der Waals surface area contributed by atoms with Gasteiger partial charge in [0.25, 0.3) is 5.91 Å². The first-order valence-electron chi connectivity index (χ1n) is 6.24. The number of carbonyl (C=O) groups excluding carboxylic acids is 1. The van der Waals surface area contributed by atoms with Gasteiger partial charge in [-0.3, -0.25) is 9.20 Å². The van der Waals surface area contributed by atoms with E-state index in [1.165, 1.54) is 0 Å². The lowest BCUT2D eigenvalue weighted by molar-refractivity contribution is 0.0599. The summed E-state index contributed by atoms with van der Waals surface area (Å²) in [6.07, 6.45) is 4.25. The van der Waals surface area contributed by atoms with Crippen LogP contribution in [0.5, 0.6) is 0 Å². The van der Waals surface area contributed by atoms with E-state index in [9.17, 15) is 4.79 Å². The zero-order chi connectivity index (χ0) is 12.3. The third-order valence-electron chi connectivity index (χ3n) is 3.65. The maximum atomic E-state index is 12.5. The second kappa shape index (κ2) is 3.55. The highest BCUT2D eigenvalue weighted by Gasteiger charge is 2.37. The lowest BCUT2D eigenvalue weighted by Gasteiger charge is -2.36. The molecule has 6 heteroatoms. The molecule has 2 aromatic rings. The Morgan fingerprint density at radius 3 is 2.89 bits per heavy atom. The first-order chi connectivity index (χ1) is 8.74. The van der Waals surface area contributed by atoms with E-state index in [0.29, 0.717) is 19.0 Å². The van der Waals surface area contributed by atoms with Gasteiger partial charge in [0.1, 0.15) is 5.69 Å². The minimum Gasteiger partial charge on any atom is -0.334 e. The predicted octanol–water partition coefficient (Wildman–Crippen LogP) is 1.06. The normalized spacial score (nSPS) is 20.4. The second-order valence-corrected chi connectivity index (χ2v) is 6.02. The molecule has 1 aliphatic carbocycles. The molecule has 0 unspecified atom stereocenters. The number of likely N-dealkylation sites (tertiary alicyclic amines) is 1. The van der Waals surface area contributed by atoms with E-state index in [1.807, 2.05) is 20.9 Å². The first-order valence-corrected chi connectivity index (χ1v) is 7.12. The van der Waals surface area contributed by atoms with E-state index < -0.39 is 0 Å². The SMILES string of the molecule is NC1CN(C(=O)c2c(C3CC3)nc3sccn23)C1. The Morgan fingerprint density at radius 1 is 1.44 bits per heavy atom. The molecule has 1 saturated heterocycles. The van der Waals surface area contributed by atoms with Crippen LogP contribution >= 0.6 is 11.3 Å². The zero-order valence-corrected chi connectivity index (χ0v) is 10.7. The van der Waals surface area contributed by atoms with Gasteiger partial charge in [0.05, 0.1) is 5.69 Å². The molecule has 0 spiro atoms. The van der Waals surface area contributed by atoms with Crippen LogP contribution < -0.4 is 5.73 Å². The average Bonchev–Trinajstić information content (AvgIpc) is 2.94. The summed E-state index contributed by atoms with van der Waals surface area (Å²) in [4.78, 5) is 19.9. The highest BCUT2D eigenvalue weighted by Crippen LogP contribution is 2.42. The van der Waals surface area contributed by atoms with Gasteiger partial charge in [0.15, 0.2) is 4.96 Å². The van der Waals surface area contributed by atoms with E-state index in [1.54, 1.807) is 11.3 Å². The van der Waals surface area contributed by atoms with Gasteiger partial charge in [-0.25, -0.2) is 4.98 Å². The molecule has 3 heterocycles. The Hall–Kier alpha value is -1.40. The molecule has 2 aromatic heterocycles. The van der Waals surface area contributed by atoms with Crippen molar-refractivity contribution in [2.45, 2.75) is 24.8 Å². The van der Waals surface area contributed by atoms with Crippen molar-refractivity contribution >= 4 is 22.2 Å². The number of rotatable bonds is 2. The number of fused-ring (bicyclic) bond motifs is 1. The fourth-order valence-electron chi connectivity index (χ4n) is 2.48. The minimum atomic E-state index is 0.0875. The van der Waals surface area contributed by atoms with Crippen LogP contribution in [0.15, 0.2) is 11.6 Å². The number of aromatic nitrogens is 2.